The van der Waals surface area contributed by atoms with Crippen LogP contribution in [0.25, 0.3) is 0 Å². The fourth-order valence-electron chi connectivity index (χ4n) is 3.54. The van der Waals surface area contributed by atoms with Gasteiger partial charge in [-0.1, -0.05) is 18.2 Å². The van der Waals surface area contributed by atoms with Crippen LogP contribution in [-0.4, -0.2) is 41.8 Å². The highest BCUT2D eigenvalue weighted by Crippen LogP contribution is 2.32. The van der Waals surface area contributed by atoms with Gasteiger partial charge in [-0.05, 0) is 43.5 Å². The Morgan fingerprint density at radius 1 is 1.24 bits per heavy atom. The maximum atomic E-state index is 12.7. The van der Waals surface area contributed by atoms with E-state index < -0.39 is 10.8 Å². The summed E-state index contributed by atoms with van der Waals surface area (Å²) in [6.45, 7) is 2.07. The molecule has 1 atom stereocenters. The van der Waals surface area contributed by atoms with Crippen molar-refractivity contribution in [2.45, 2.75) is 25.8 Å². The van der Waals surface area contributed by atoms with Crippen molar-refractivity contribution >= 4 is 17.5 Å². The highest BCUT2D eigenvalue weighted by atomic mass is 16.6. The molecule has 0 spiro atoms. The summed E-state index contributed by atoms with van der Waals surface area (Å²) in [6.07, 6.45) is 1.75. The lowest BCUT2D eigenvalue weighted by Crippen LogP contribution is -2.39. The van der Waals surface area contributed by atoms with E-state index in [0.29, 0.717) is 12.1 Å². The number of ether oxygens (including phenoxy) is 1. The highest BCUT2D eigenvalue weighted by Gasteiger charge is 2.30. The van der Waals surface area contributed by atoms with Crippen LogP contribution in [0.15, 0.2) is 42.5 Å². The number of nitrogens with one attached hydrogen (secondary N) is 1. The Balaban J connectivity index is 1.64. The summed E-state index contributed by atoms with van der Waals surface area (Å²) in [7, 11) is 1.60. The first-order chi connectivity index (χ1) is 13.9. The van der Waals surface area contributed by atoms with Gasteiger partial charge in [0, 0.05) is 23.7 Å². The Labute approximate surface area is 168 Å². The van der Waals surface area contributed by atoms with Gasteiger partial charge in [0.1, 0.15) is 5.75 Å². The van der Waals surface area contributed by atoms with Crippen LogP contribution in [0.4, 0.5) is 5.69 Å². The number of hydrogen-bond donors (Lipinski definition) is 1. The van der Waals surface area contributed by atoms with Crippen molar-refractivity contribution in [2.75, 3.05) is 20.2 Å². The Morgan fingerprint density at radius 3 is 2.62 bits per heavy atom. The standard InChI is InChI=1S/C21H23N3O5/c1-14-5-6-16(12-19(14)24(27)28)21(26)22-13-20(25)23-11-3-4-18(23)15-7-9-17(29-2)10-8-15/h5-10,12,18H,3-4,11,13H2,1-2H3,(H,22,26)/t18-/m0/s1. The van der Waals surface area contributed by atoms with Crippen molar-refractivity contribution < 1.29 is 19.2 Å². The Morgan fingerprint density at radius 2 is 1.97 bits per heavy atom. The van der Waals surface area contributed by atoms with Crippen LogP contribution in [0.2, 0.25) is 0 Å². The van der Waals surface area contributed by atoms with E-state index >= 15 is 0 Å². The van der Waals surface area contributed by atoms with Gasteiger partial charge >= 0.3 is 0 Å². The Bertz CT molecular complexity index is 926. The number of carbonyl (C=O) groups excluding carboxylic acids is 2. The molecule has 1 N–H and O–H groups in total. The molecule has 0 radical (unpaired) electrons. The molecule has 0 aliphatic carbocycles. The number of benzene rings is 2. The molecular weight excluding hydrogens is 374 g/mol. The van der Waals surface area contributed by atoms with Gasteiger partial charge in [0.2, 0.25) is 5.91 Å². The van der Waals surface area contributed by atoms with Crippen molar-refractivity contribution in [1.29, 1.82) is 0 Å². The molecule has 0 bridgehead atoms. The minimum absolute atomic E-state index is 0.0363. The molecular formula is C21H23N3O5. The van der Waals surface area contributed by atoms with Crippen LogP contribution in [0.5, 0.6) is 5.75 Å². The van der Waals surface area contributed by atoms with Gasteiger partial charge in [0.25, 0.3) is 11.6 Å². The van der Waals surface area contributed by atoms with Crippen molar-refractivity contribution in [3.63, 3.8) is 0 Å². The number of nitro benzene ring substituents is 1. The number of amides is 2. The van der Waals surface area contributed by atoms with Gasteiger partial charge in [-0.3, -0.25) is 19.7 Å². The van der Waals surface area contributed by atoms with Gasteiger partial charge in [-0.2, -0.15) is 0 Å². The van der Waals surface area contributed by atoms with Gasteiger partial charge in [0.15, 0.2) is 0 Å². The zero-order chi connectivity index (χ0) is 21.0. The number of nitro groups is 1. The molecule has 29 heavy (non-hydrogen) atoms. The molecule has 0 unspecified atom stereocenters. The third kappa shape index (κ3) is 4.53. The first-order valence-corrected chi connectivity index (χ1v) is 9.37. The quantitative estimate of drug-likeness (QED) is 0.596. The fraction of sp³-hybridized carbons (Fsp3) is 0.333. The molecule has 0 saturated carbocycles. The number of methoxy groups -OCH3 is 1. The van der Waals surface area contributed by atoms with Crippen molar-refractivity contribution in [3.05, 3.63) is 69.3 Å². The lowest BCUT2D eigenvalue weighted by Gasteiger charge is -2.25. The van der Waals surface area contributed by atoms with Gasteiger partial charge in [-0.25, -0.2) is 0 Å². The summed E-state index contributed by atoms with van der Waals surface area (Å²) in [6, 6.07) is 11.8. The van der Waals surface area contributed by atoms with E-state index in [1.54, 1.807) is 18.9 Å². The second-order valence-electron chi connectivity index (χ2n) is 6.96. The number of hydrogen-bond acceptors (Lipinski definition) is 5. The van der Waals surface area contributed by atoms with E-state index in [1.807, 2.05) is 24.3 Å². The molecule has 1 heterocycles. The summed E-state index contributed by atoms with van der Waals surface area (Å²) < 4.78 is 5.17. The molecule has 8 heteroatoms. The smallest absolute Gasteiger partial charge is 0.273 e. The average Bonchev–Trinajstić information content (AvgIpc) is 3.22. The first-order valence-electron chi connectivity index (χ1n) is 9.37. The summed E-state index contributed by atoms with van der Waals surface area (Å²) in [4.78, 5) is 37.3. The maximum Gasteiger partial charge on any atom is 0.273 e. The van der Waals surface area contributed by atoms with E-state index in [1.165, 1.54) is 18.2 Å². The van der Waals surface area contributed by atoms with E-state index in [2.05, 4.69) is 5.32 Å². The van der Waals surface area contributed by atoms with Crippen LogP contribution in [0, 0.1) is 17.0 Å². The van der Waals surface area contributed by atoms with Crippen LogP contribution in [-0.2, 0) is 4.79 Å². The molecule has 8 nitrogen and oxygen atoms in total. The van der Waals surface area contributed by atoms with Crippen LogP contribution in [0.1, 0.15) is 40.4 Å². The molecule has 3 rings (SSSR count). The summed E-state index contributed by atoms with van der Waals surface area (Å²) in [5.41, 5.74) is 1.53. The van der Waals surface area contributed by atoms with Gasteiger partial charge in [0.05, 0.1) is 24.6 Å². The molecule has 2 aromatic carbocycles. The Hall–Kier alpha value is -3.42. The van der Waals surface area contributed by atoms with Crippen LogP contribution in [0.3, 0.4) is 0 Å². The second kappa shape index (κ2) is 8.72. The molecule has 1 saturated heterocycles. The molecule has 1 aliphatic rings. The second-order valence-corrected chi connectivity index (χ2v) is 6.96. The minimum atomic E-state index is -0.527. The van der Waals surface area contributed by atoms with Crippen molar-refractivity contribution in [1.82, 2.24) is 10.2 Å². The molecule has 2 aromatic rings. The minimum Gasteiger partial charge on any atom is -0.497 e. The van der Waals surface area contributed by atoms with Crippen LogP contribution < -0.4 is 10.1 Å². The zero-order valence-electron chi connectivity index (χ0n) is 16.4. The number of aryl methyl sites for hydroxylation is 1. The van der Waals surface area contributed by atoms with E-state index in [-0.39, 0.29) is 29.7 Å². The summed E-state index contributed by atoms with van der Waals surface area (Å²) in [5.74, 6) is 0.0593. The fourth-order valence-corrected chi connectivity index (χ4v) is 3.54. The lowest BCUT2D eigenvalue weighted by molar-refractivity contribution is -0.385. The largest absolute Gasteiger partial charge is 0.497 e. The van der Waals surface area contributed by atoms with E-state index in [4.69, 9.17) is 4.74 Å². The number of nitrogens with zero attached hydrogens (tertiary/aromatic N) is 2. The maximum absolute atomic E-state index is 12.7. The van der Waals surface area contributed by atoms with E-state index in [0.717, 1.165) is 24.2 Å². The lowest BCUT2D eigenvalue weighted by atomic mass is 10.0. The van der Waals surface area contributed by atoms with Gasteiger partial charge < -0.3 is 15.0 Å². The van der Waals surface area contributed by atoms with Crippen LogP contribution >= 0.6 is 0 Å². The first kappa shape index (κ1) is 20.3. The monoisotopic (exact) mass is 397 g/mol. The number of rotatable bonds is 6. The number of carbonyl (C=O) groups is 2. The Kier molecular flexibility index (Phi) is 6.11. The van der Waals surface area contributed by atoms with E-state index in [9.17, 15) is 19.7 Å². The van der Waals surface area contributed by atoms with Crippen molar-refractivity contribution in [2.24, 2.45) is 0 Å². The molecule has 2 amide bonds. The zero-order valence-corrected chi connectivity index (χ0v) is 16.4. The SMILES string of the molecule is COc1ccc([C@@H]2CCCN2C(=O)CNC(=O)c2ccc(C)c([N+](=O)[O-])c2)cc1. The number of likely N-dealkylation sites (tertiary alicyclic amines) is 1. The highest BCUT2D eigenvalue weighted by molar-refractivity contribution is 5.97. The topological polar surface area (TPSA) is 102 Å². The molecule has 152 valence electrons. The predicted molar refractivity (Wildman–Crippen MR) is 107 cm³/mol. The normalized spacial score (nSPS) is 15.8. The summed E-state index contributed by atoms with van der Waals surface area (Å²) in [5, 5.41) is 13.6. The summed E-state index contributed by atoms with van der Waals surface area (Å²) >= 11 is 0. The molecule has 1 fully saturated rings. The van der Waals surface area contributed by atoms with Crippen molar-refractivity contribution in [3.8, 4) is 5.75 Å². The predicted octanol–water partition coefficient (Wildman–Crippen LogP) is 3.01. The third-order valence-electron chi connectivity index (χ3n) is 5.14. The molecule has 1 aliphatic heterocycles. The molecule has 0 aromatic heterocycles. The average molecular weight is 397 g/mol. The third-order valence-corrected chi connectivity index (χ3v) is 5.14. The van der Waals surface area contributed by atoms with Gasteiger partial charge in [-0.15, -0.1) is 0 Å².